The van der Waals surface area contributed by atoms with Gasteiger partial charge in [-0.15, -0.1) is 0 Å². The maximum atomic E-state index is 14.2. The molecule has 5 fully saturated rings. The summed E-state index contributed by atoms with van der Waals surface area (Å²) < 4.78 is 27.6. The fraction of sp³-hybridized carbons (Fsp3) is 0.622. The van der Waals surface area contributed by atoms with E-state index in [4.69, 9.17) is 0 Å². The third-order valence-corrected chi connectivity index (χ3v) is 12.4. The second-order valence-electron chi connectivity index (χ2n) is 14.8. The number of nitrogens with zero attached hydrogens (tertiary/aromatic N) is 2. The van der Waals surface area contributed by atoms with Gasteiger partial charge in [-0.2, -0.15) is 0 Å². The maximum Gasteiger partial charge on any atom is 0.244 e. The van der Waals surface area contributed by atoms with E-state index in [0.717, 1.165) is 60.8 Å². The van der Waals surface area contributed by atoms with E-state index >= 15 is 0 Å². The summed E-state index contributed by atoms with van der Waals surface area (Å²) in [6, 6.07) is 15.4. The number of rotatable bonds is 11. The third kappa shape index (κ3) is 7.11. The van der Waals surface area contributed by atoms with E-state index in [2.05, 4.69) is 17.4 Å². The number of carbonyl (C=O) groups is 2. The van der Waals surface area contributed by atoms with Gasteiger partial charge >= 0.3 is 0 Å². The molecule has 7 nitrogen and oxygen atoms in total. The molecule has 244 valence electrons. The molecule has 0 spiro atoms. The van der Waals surface area contributed by atoms with Crippen LogP contribution in [-0.2, 0) is 31.6 Å². The first-order valence-corrected chi connectivity index (χ1v) is 19.1. The molecule has 2 aromatic carbocycles. The van der Waals surface area contributed by atoms with Gasteiger partial charge in [0.25, 0.3) is 0 Å². The van der Waals surface area contributed by atoms with Gasteiger partial charge in [0.2, 0.25) is 21.8 Å². The molecular formula is C37H51N3O4S. The standard InChI is InChI=1S/C37H51N3O4S/c1-4-34(36(42)38-32-8-6-5-7-9-32)39(24-27-12-10-26(2)11-13-27)35(41)25-40(45(3,43)44)33-16-14-31(15-17-33)37-21-28-18-29(22-37)20-30(19-28)23-37/h10-17,28-30,32,34H,4-9,18-25H2,1-3H3,(H,38,42)/t28?,29?,30?,34-,37?/m0/s1. The van der Waals surface area contributed by atoms with Gasteiger partial charge in [0, 0.05) is 12.6 Å². The van der Waals surface area contributed by atoms with Crippen molar-refractivity contribution in [1.82, 2.24) is 10.2 Å². The molecule has 0 heterocycles. The number of nitrogens with one attached hydrogen (secondary N) is 1. The van der Waals surface area contributed by atoms with Crippen LogP contribution in [0.3, 0.4) is 0 Å². The first kappa shape index (κ1) is 32.1. The molecule has 1 N–H and O–H groups in total. The second-order valence-corrected chi connectivity index (χ2v) is 16.7. The van der Waals surface area contributed by atoms with E-state index in [1.54, 1.807) is 4.90 Å². The highest BCUT2D eigenvalue weighted by molar-refractivity contribution is 7.92. The lowest BCUT2D eigenvalue weighted by Gasteiger charge is -2.57. The lowest BCUT2D eigenvalue weighted by molar-refractivity contribution is -0.140. The molecule has 2 aromatic rings. The predicted octanol–water partition coefficient (Wildman–Crippen LogP) is 6.49. The van der Waals surface area contributed by atoms with E-state index in [9.17, 15) is 18.0 Å². The minimum absolute atomic E-state index is 0.122. The van der Waals surface area contributed by atoms with Crippen LogP contribution in [0.15, 0.2) is 48.5 Å². The Labute approximate surface area is 270 Å². The Bertz CT molecular complexity index is 1430. The maximum absolute atomic E-state index is 14.2. The van der Waals surface area contributed by atoms with Gasteiger partial charge in [-0.25, -0.2) is 8.42 Å². The van der Waals surface area contributed by atoms with Crippen LogP contribution < -0.4 is 9.62 Å². The minimum atomic E-state index is -3.77. The molecule has 0 unspecified atom stereocenters. The van der Waals surface area contributed by atoms with Crippen molar-refractivity contribution < 1.29 is 18.0 Å². The van der Waals surface area contributed by atoms with Crippen LogP contribution in [0.1, 0.15) is 101 Å². The summed E-state index contributed by atoms with van der Waals surface area (Å²) in [6.45, 7) is 3.81. The average molecular weight is 634 g/mol. The van der Waals surface area contributed by atoms with Gasteiger partial charge in [0.15, 0.2) is 0 Å². The predicted molar refractivity (Wildman–Crippen MR) is 179 cm³/mol. The monoisotopic (exact) mass is 633 g/mol. The molecule has 0 aromatic heterocycles. The van der Waals surface area contributed by atoms with Crippen LogP contribution in [0, 0.1) is 24.7 Å². The highest BCUT2D eigenvalue weighted by Gasteiger charge is 2.51. The smallest absolute Gasteiger partial charge is 0.244 e. The van der Waals surface area contributed by atoms with Gasteiger partial charge in [-0.1, -0.05) is 68.1 Å². The van der Waals surface area contributed by atoms with Crippen molar-refractivity contribution >= 4 is 27.5 Å². The molecular weight excluding hydrogens is 582 g/mol. The van der Waals surface area contributed by atoms with Crippen molar-refractivity contribution in [2.45, 2.75) is 115 Å². The lowest BCUT2D eigenvalue weighted by Crippen LogP contribution is -2.54. The fourth-order valence-electron chi connectivity index (χ4n) is 9.41. The zero-order chi connectivity index (χ0) is 31.8. The van der Waals surface area contributed by atoms with Crippen molar-refractivity contribution in [3.63, 3.8) is 0 Å². The zero-order valence-electron chi connectivity index (χ0n) is 27.3. The summed E-state index contributed by atoms with van der Waals surface area (Å²) in [5.74, 6) is 1.93. The van der Waals surface area contributed by atoms with Crippen LogP contribution in [-0.4, -0.2) is 50.0 Å². The number of sulfonamides is 1. The molecule has 4 bridgehead atoms. The molecule has 7 rings (SSSR count). The number of anilines is 1. The molecule has 0 saturated heterocycles. The third-order valence-electron chi connectivity index (χ3n) is 11.3. The Hall–Kier alpha value is -2.87. The summed E-state index contributed by atoms with van der Waals surface area (Å²) in [5.41, 5.74) is 4.04. The van der Waals surface area contributed by atoms with Crippen LogP contribution in [0.4, 0.5) is 5.69 Å². The molecule has 1 atom stereocenters. The molecule has 5 aliphatic rings. The van der Waals surface area contributed by atoms with Gasteiger partial charge < -0.3 is 10.2 Å². The van der Waals surface area contributed by atoms with E-state index in [-0.39, 0.29) is 36.4 Å². The van der Waals surface area contributed by atoms with E-state index in [1.165, 1.54) is 54.8 Å². The van der Waals surface area contributed by atoms with E-state index in [1.807, 2.05) is 50.2 Å². The van der Waals surface area contributed by atoms with E-state index in [0.29, 0.717) is 12.1 Å². The Morgan fingerprint density at radius 2 is 1.47 bits per heavy atom. The first-order chi connectivity index (χ1) is 21.5. The molecule has 8 heteroatoms. The normalized spacial score (nSPS) is 26.8. The Balaban J connectivity index is 1.24. The van der Waals surface area contributed by atoms with Crippen molar-refractivity contribution in [2.75, 3.05) is 17.1 Å². The molecule has 0 aliphatic heterocycles. The quantitative estimate of drug-likeness (QED) is 0.307. The number of aryl methyl sites for hydroxylation is 1. The van der Waals surface area contributed by atoms with Crippen LogP contribution >= 0.6 is 0 Å². The van der Waals surface area contributed by atoms with Crippen molar-refractivity contribution in [1.29, 1.82) is 0 Å². The number of carbonyl (C=O) groups excluding carboxylic acids is 2. The SMILES string of the molecule is CC[C@@H](C(=O)NC1CCCCC1)N(Cc1ccc(C)cc1)C(=O)CN(c1ccc(C23CC4CC(CC(C4)C2)C3)cc1)S(C)(=O)=O. The molecule has 5 aliphatic carbocycles. The molecule has 45 heavy (non-hydrogen) atoms. The van der Waals surface area contributed by atoms with Crippen molar-refractivity contribution in [2.24, 2.45) is 17.8 Å². The second kappa shape index (κ2) is 13.1. The Morgan fingerprint density at radius 1 is 0.889 bits per heavy atom. The summed E-state index contributed by atoms with van der Waals surface area (Å²) in [7, 11) is -3.77. The van der Waals surface area contributed by atoms with Crippen molar-refractivity contribution in [3.05, 3.63) is 65.2 Å². The number of amides is 2. The van der Waals surface area contributed by atoms with Gasteiger partial charge in [0.05, 0.1) is 11.9 Å². The Morgan fingerprint density at radius 3 is 2.00 bits per heavy atom. The van der Waals surface area contributed by atoms with E-state index < -0.39 is 16.1 Å². The van der Waals surface area contributed by atoms with Gasteiger partial charge in [-0.05, 0) is 111 Å². The van der Waals surface area contributed by atoms with Crippen LogP contribution in [0.25, 0.3) is 0 Å². The first-order valence-electron chi connectivity index (χ1n) is 17.3. The van der Waals surface area contributed by atoms with Gasteiger partial charge in [-0.3, -0.25) is 13.9 Å². The largest absolute Gasteiger partial charge is 0.352 e. The number of hydrogen-bond acceptors (Lipinski definition) is 4. The topological polar surface area (TPSA) is 86.8 Å². The summed E-state index contributed by atoms with van der Waals surface area (Å²) in [5, 5.41) is 3.21. The molecule has 5 saturated carbocycles. The highest BCUT2D eigenvalue weighted by Crippen LogP contribution is 2.60. The summed E-state index contributed by atoms with van der Waals surface area (Å²) in [4.78, 5) is 29.4. The number of hydrogen-bond donors (Lipinski definition) is 1. The highest BCUT2D eigenvalue weighted by atomic mass is 32.2. The van der Waals surface area contributed by atoms with Crippen LogP contribution in [0.2, 0.25) is 0 Å². The van der Waals surface area contributed by atoms with Gasteiger partial charge in [0.1, 0.15) is 12.6 Å². The average Bonchev–Trinajstić information content (AvgIpc) is 3.00. The molecule has 0 radical (unpaired) electrons. The lowest BCUT2D eigenvalue weighted by atomic mass is 9.48. The zero-order valence-corrected chi connectivity index (χ0v) is 28.2. The fourth-order valence-corrected chi connectivity index (χ4v) is 10.3. The minimum Gasteiger partial charge on any atom is -0.352 e. The van der Waals surface area contributed by atoms with Crippen molar-refractivity contribution in [3.8, 4) is 0 Å². The number of benzene rings is 2. The summed E-state index contributed by atoms with van der Waals surface area (Å²) in [6.07, 6.45) is 14.7. The van der Waals surface area contributed by atoms with Crippen LogP contribution in [0.5, 0.6) is 0 Å². The summed E-state index contributed by atoms with van der Waals surface area (Å²) >= 11 is 0. The Kier molecular flexibility index (Phi) is 9.33. The molecule has 2 amide bonds.